The smallest absolute Gasteiger partial charge is 0.360 e. The van der Waals surface area contributed by atoms with Crippen LogP contribution in [0.25, 0.3) is 10.8 Å². The van der Waals surface area contributed by atoms with E-state index in [1.807, 2.05) is 0 Å². The van der Waals surface area contributed by atoms with Crippen molar-refractivity contribution in [2.75, 3.05) is 12.1 Å². The Kier molecular flexibility index (Phi) is 5.09. The van der Waals surface area contributed by atoms with Gasteiger partial charge in [-0.2, -0.15) is 5.10 Å². The van der Waals surface area contributed by atoms with Crippen LogP contribution in [0.5, 0.6) is 11.5 Å². The van der Waals surface area contributed by atoms with Gasteiger partial charge in [0.1, 0.15) is 0 Å². The summed E-state index contributed by atoms with van der Waals surface area (Å²) in [6.45, 7) is 3.63. The molecule has 30 heavy (non-hydrogen) atoms. The molecule has 0 radical (unpaired) electrons. The van der Waals surface area contributed by atoms with Crippen molar-refractivity contribution in [1.82, 2.24) is 9.78 Å². The van der Waals surface area contributed by atoms with Gasteiger partial charge in [-0.25, -0.2) is 9.48 Å². The summed E-state index contributed by atoms with van der Waals surface area (Å²) in [6, 6.07) is 11.6. The van der Waals surface area contributed by atoms with Gasteiger partial charge in [-0.1, -0.05) is 18.2 Å². The highest BCUT2D eigenvalue weighted by molar-refractivity contribution is 6.03. The van der Waals surface area contributed by atoms with E-state index in [9.17, 15) is 14.4 Å². The summed E-state index contributed by atoms with van der Waals surface area (Å²) < 4.78 is 17.0. The van der Waals surface area contributed by atoms with Crippen molar-refractivity contribution in [1.29, 1.82) is 0 Å². The predicted molar refractivity (Wildman–Crippen MR) is 108 cm³/mol. The Morgan fingerprint density at radius 1 is 1.17 bits per heavy atom. The Labute approximate surface area is 171 Å². The molecule has 4 rings (SSSR count). The molecule has 2 aromatic carbocycles. The highest BCUT2D eigenvalue weighted by atomic mass is 16.7. The van der Waals surface area contributed by atoms with Gasteiger partial charge in [-0.15, -0.1) is 0 Å². The van der Waals surface area contributed by atoms with E-state index in [-0.39, 0.29) is 18.0 Å². The fraction of sp³-hybridized carbons (Fsp3) is 0.238. The first kappa shape index (κ1) is 19.4. The second-order valence-electron chi connectivity index (χ2n) is 6.62. The minimum absolute atomic E-state index is 0.0187. The molecule has 0 spiro atoms. The second kappa shape index (κ2) is 7.86. The Balaban J connectivity index is 1.53. The quantitative estimate of drug-likeness (QED) is 0.644. The molecule has 1 aliphatic rings. The molecule has 0 saturated heterocycles. The molecule has 3 aromatic rings. The van der Waals surface area contributed by atoms with Crippen LogP contribution in [0, 0.1) is 0 Å². The van der Waals surface area contributed by atoms with Crippen LogP contribution >= 0.6 is 0 Å². The van der Waals surface area contributed by atoms with Gasteiger partial charge in [0.25, 0.3) is 11.5 Å². The number of aromatic nitrogens is 2. The standard InChI is InChI=1S/C21H19N3O6/c1-3-24-20(26)15-7-5-4-6-14(15)18(23-24)21(27)30-12(2)19(25)22-13-8-9-16-17(10-13)29-11-28-16/h4-10,12H,3,11H2,1-2H3,(H,22,25)/t12-/m0/s1. The Hall–Kier alpha value is -3.88. The summed E-state index contributed by atoms with van der Waals surface area (Å²) in [5, 5.41) is 7.53. The van der Waals surface area contributed by atoms with Gasteiger partial charge in [0.15, 0.2) is 23.3 Å². The number of aryl methyl sites for hydroxylation is 1. The van der Waals surface area contributed by atoms with Crippen LogP contribution in [0.1, 0.15) is 24.3 Å². The zero-order chi connectivity index (χ0) is 21.3. The van der Waals surface area contributed by atoms with Crippen molar-refractivity contribution >= 4 is 28.3 Å². The van der Waals surface area contributed by atoms with Gasteiger partial charge >= 0.3 is 5.97 Å². The number of carbonyl (C=O) groups is 2. The highest BCUT2D eigenvalue weighted by Crippen LogP contribution is 2.34. The largest absolute Gasteiger partial charge is 0.454 e. The maximum absolute atomic E-state index is 12.7. The molecule has 2 heterocycles. The lowest BCUT2D eigenvalue weighted by molar-refractivity contribution is -0.123. The van der Waals surface area contributed by atoms with Crippen LogP contribution in [0.15, 0.2) is 47.3 Å². The van der Waals surface area contributed by atoms with Crippen LogP contribution in [0.2, 0.25) is 0 Å². The van der Waals surface area contributed by atoms with Gasteiger partial charge in [-0.05, 0) is 32.0 Å². The molecule has 154 valence electrons. The van der Waals surface area contributed by atoms with E-state index in [1.54, 1.807) is 49.4 Å². The van der Waals surface area contributed by atoms with Crippen LogP contribution in [-0.2, 0) is 16.1 Å². The van der Waals surface area contributed by atoms with E-state index in [2.05, 4.69) is 10.4 Å². The van der Waals surface area contributed by atoms with E-state index in [0.717, 1.165) is 0 Å². The lowest BCUT2D eigenvalue weighted by atomic mass is 10.1. The van der Waals surface area contributed by atoms with E-state index >= 15 is 0 Å². The normalized spacial score (nSPS) is 13.1. The van der Waals surface area contributed by atoms with Crippen molar-refractivity contribution in [3.63, 3.8) is 0 Å². The molecule has 1 amide bonds. The minimum Gasteiger partial charge on any atom is -0.454 e. The molecule has 1 aromatic heterocycles. The van der Waals surface area contributed by atoms with Gasteiger partial charge in [0, 0.05) is 23.7 Å². The number of nitrogens with zero attached hydrogens (tertiary/aromatic N) is 2. The molecule has 9 heteroatoms. The summed E-state index contributed by atoms with van der Waals surface area (Å²) >= 11 is 0. The molecule has 0 bridgehead atoms. The van der Waals surface area contributed by atoms with Crippen LogP contribution < -0.4 is 20.3 Å². The van der Waals surface area contributed by atoms with Gasteiger partial charge < -0.3 is 19.5 Å². The van der Waals surface area contributed by atoms with E-state index < -0.39 is 18.0 Å². The first-order valence-corrected chi connectivity index (χ1v) is 9.39. The number of ether oxygens (including phenoxy) is 3. The molecule has 0 fully saturated rings. The summed E-state index contributed by atoms with van der Waals surface area (Å²) in [6.07, 6.45) is -1.09. The zero-order valence-electron chi connectivity index (χ0n) is 16.4. The number of anilines is 1. The maximum Gasteiger partial charge on any atom is 0.360 e. The Morgan fingerprint density at radius 2 is 1.90 bits per heavy atom. The van der Waals surface area contributed by atoms with Crippen molar-refractivity contribution in [2.24, 2.45) is 0 Å². The molecule has 0 unspecified atom stereocenters. The molecule has 1 atom stereocenters. The number of amides is 1. The third-order valence-corrected chi connectivity index (χ3v) is 4.65. The average molecular weight is 409 g/mol. The van der Waals surface area contributed by atoms with Crippen LogP contribution in [0.3, 0.4) is 0 Å². The first-order chi connectivity index (χ1) is 14.5. The van der Waals surface area contributed by atoms with E-state index in [4.69, 9.17) is 14.2 Å². The fourth-order valence-corrected chi connectivity index (χ4v) is 3.09. The number of hydrogen-bond acceptors (Lipinski definition) is 7. The van der Waals surface area contributed by atoms with Crippen molar-refractivity contribution in [3.05, 3.63) is 58.5 Å². The van der Waals surface area contributed by atoms with Gasteiger partial charge in [0.2, 0.25) is 6.79 Å². The topological polar surface area (TPSA) is 109 Å². The number of fused-ring (bicyclic) bond motifs is 2. The van der Waals surface area contributed by atoms with Gasteiger partial charge in [0.05, 0.1) is 5.39 Å². The molecule has 0 aliphatic carbocycles. The molecule has 0 saturated carbocycles. The van der Waals surface area contributed by atoms with Crippen molar-refractivity contribution < 1.29 is 23.8 Å². The number of hydrogen-bond donors (Lipinski definition) is 1. The number of esters is 1. The summed E-state index contributed by atoms with van der Waals surface area (Å²) in [4.78, 5) is 37.6. The number of benzene rings is 2. The zero-order valence-corrected chi connectivity index (χ0v) is 16.4. The monoisotopic (exact) mass is 409 g/mol. The average Bonchev–Trinajstić information content (AvgIpc) is 3.22. The minimum atomic E-state index is -1.09. The van der Waals surface area contributed by atoms with Crippen molar-refractivity contribution in [2.45, 2.75) is 26.5 Å². The number of nitrogens with one attached hydrogen (secondary N) is 1. The molecule has 1 N–H and O–H groups in total. The number of rotatable bonds is 5. The Morgan fingerprint density at radius 3 is 2.67 bits per heavy atom. The highest BCUT2D eigenvalue weighted by Gasteiger charge is 2.24. The summed E-state index contributed by atoms with van der Waals surface area (Å²) in [5.74, 6) is -0.191. The SMILES string of the molecule is CCn1nc(C(=O)O[C@@H](C)C(=O)Nc2ccc3c(c2)OCO3)c2ccccc2c1=O. The summed E-state index contributed by atoms with van der Waals surface area (Å²) in [7, 11) is 0. The number of carbonyl (C=O) groups excluding carboxylic acids is 2. The third kappa shape index (κ3) is 3.57. The van der Waals surface area contributed by atoms with Gasteiger partial charge in [-0.3, -0.25) is 9.59 Å². The summed E-state index contributed by atoms with van der Waals surface area (Å²) in [5.41, 5.74) is 0.170. The van der Waals surface area contributed by atoms with Crippen LogP contribution in [0.4, 0.5) is 5.69 Å². The lowest BCUT2D eigenvalue weighted by Crippen LogP contribution is -2.31. The molecule has 1 aliphatic heterocycles. The van der Waals surface area contributed by atoms with Crippen molar-refractivity contribution in [3.8, 4) is 11.5 Å². The second-order valence-corrected chi connectivity index (χ2v) is 6.62. The Bertz CT molecular complexity index is 1200. The van der Waals surface area contributed by atoms with Crippen LogP contribution in [-0.4, -0.2) is 34.6 Å². The molecular formula is C21H19N3O6. The maximum atomic E-state index is 12.7. The lowest BCUT2D eigenvalue weighted by Gasteiger charge is -2.15. The molecular weight excluding hydrogens is 390 g/mol. The predicted octanol–water partition coefficient (Wildman–Crippen LogP) is 2.33. The van der Waals surface area contributed by atoms with E-state index in [1.165, 1.54) is 11.6 Å². The first-order valence-electron chi connectivity index (χ1n) is 9.39. The fourth-order valence-electron chi connectivity index (χ4n) is 3.09. The molecule has 9 nitrogen and oxygen atoms in total. The third-order valence-electron chi connectivity index (χ3n) is 4.65. The van der Waals surface area contributed by atoms with E-state index in [0.29, 0.717) is 34.5 Å².